The molecule has 1 amide bonds. The highest BCUT2D eigenvalue weighted by atomic mass is 35.5. The minimum absolute atomic E-state index is 0.246. The third kappa shape index (κ3) is 4.74. The van der Waals surface area contributed by atoms with Crippen LogP contribution < -0.4 is 15.4 Å². The van der Waals surface area contributed by atoms with Crippen LogP contribution in [0.1, 0.15) is 21.6 Å². The number of anilines is 2. The highest BCUT2D eigenvalue weighted by Crippen LogP contribution is 2.31. The number of halogens is 1. The maximum Gasteiger partial charge on any atom is 0.274 e. The normalized spacial score (nSPS) is 10.3. The fraction of sp³-hybridized carbons (Fsp3) is 0.150. The zero-order valence-corrected chi connectivity index (χ0v) is 15.7. The monoisotopic (exact) mass is 382 g/mol. The van der Waals surface area contributed by atoms with Crippen molar-refractivity contribution in [3.63, 3.8) is 0 Å². The van der Waals surface area contributed by atoms with Crippen LogP contribution in [-0.4, -0.2) is 23.0 Å². The van der Waals surface area contributed by atoms with Crippen molar-refractivity contribution in [2.24, 2.45) is 0 Å². The van der Waals surface area contributed by atoms with Gasteiger partial charge >= 0.3 is 0 Å². The third-order valence-electron chi connectivity index (χ3n) is 3.91. The highest BCUT2D eigenvalue weighted by molar-refractivity contribution is 6.31. The van der Waals surface area contributed by atoms with Crippen molar-refractivity contribution in [2.75, 3.05) is 17.7 Å². The second-order valence-corrected chi connectivity index (χ2v) is 6.27. The Kier molecular flexibility index (Phi) is 5.88. The number of aryl methyl sites for hydroxylation is 1. The van der Waals surface area contributed by atoms with Crippen molar-refractivity contribution in [3.05, 3.63) is 76.6 Å². The summed E-state index contributed by atoms with van der Waals surface area (Å²) in [6.45, 7) is 2.42. The molecule has 7 heteroatoms. The van der Waals surface area contributed by atoms with E-state index in [2.05, 4.69) is 20.6 Å². The lowest BCUT2D eigenvalue weighted by Gasteiger charge is -2.12. The van der Waals surface area contributed by atoms with Crippen LogP contribution in [0.15, 0.2) is 54.7 Å². The number of rotatable bonds is 6. The van der Waals surface area contributed by atoms with Gasteiger partial charge in [-0.2, -0.15) is 0 Å². The van der Waals surface area contributed by atoms with Crippen molar-refractivity contribution in [1.82, 2.24) is 9.97 Å². The molecule has 2 N–H and O–H groups in total. The van der Waals surface area contributed by atoms with Gasteiger partial charge in [0.1, 0.15) is 11.4 Å². The first kappa shape index (κ1) is 18.7. The average Bonchev–Trinajstić information content (AvgIpc) is 2.70. The Hall–Kier alpha value is -3.12. The fourth-order valence-corrected chi connectivity index (χ4v) is 2.62. The summed E-state index contributed by atoms with van der Waals surface area (Å²) in [5.41, 5.74) is 2.70. The van der Waals surface area contributed by atoms with E-state index >= 15 is 0 Å². The van der Waals surface area contributed by atoms with E-state index in [1.54, 1.807) is 24.4 Å². The molecule has 3 aromatic rings. The molecule has 0 saturated carbocycles. The number of ether oxygens (including phenoxy) is 1. The van der Waals surface area contributed by atoms with Gasteiger partial charge in [-0.25, -0.2) is 9.97 Å². The maximum atomic E-state index is 12.6. The Morgan fingerprint density at radius 1 is 1.19 bits per heavy atom. The van der Waals surface area contributed by atoms with E-state index in [1.165, 1.54) is 7.11 Å². The van der Waals surface area contributed by atoms with Gasteiger partial charge in [0, 0.05) is 23.8 Å². The number of amides is 1. The molecule has 6 nitrogen and oxygen atoms in total. The zero-order chi connectivity index (χ0) is 19.2. The largest absolute Gasteiger partial charge is 0.495 e. The van der Waals surface area contributed by atoms with Gasteiger partial charge in [0.2, 0.25) is 5.95 Å². The quantitative estimate of drug-likeness (QED) is 0.664. The molecule has 3 rings (SSSR count). The van der Waals surface area contributed by atoms with Gasteiger partial charge in [0.15, 0.2) is 0 Å². The van der Waals surface area contributed by atoms with Crippen LogP contribution in [0.5, 0.6) is 5.75 Å². The Morgan fingerprint density at radius 2 is 1.96 bits per heavy atom. The van der Waals surface area contributed by atoms with Crippen LogP contribution in [0.4, 0.5) is 11.6 Å². The minimum Gasteiger partial charge on any atom is -0.495 e. The molecular formula is C20H19ClN4O2. The first-order valence-electron chi connectivity index (χ1n) is 8.33. The Balaban J connectivity index is 1.73. The number of benzene rings is 2. The van der Waals surface area contributed by atoms with E-state index in [9.17, 15) is 4.79 Å². The Bertz CT molecular complexity index is 948. The summed E-state index contributed by atoms with van der Waals surface area (Å²) >= 11 is 6.10. The molecule has 1 heterocycles. The van der Waals surface area contributed by atoms with Crippen LogP contribution in [0.2, 0.25) is 5.02 Å². The van der Waals surface area contributed by atoms with Gasteiger partial charge in [-0.05, 0) is 30.2 Å². The van der Waals surface area contributed by atoms with E-state index in [-0.39, 0.29) is 11.6 Å². The smallest absolute Gasteiger partial charge is 0.274 e. The number of hydrogen-bond acceptors (Lipinski definition) is 5. The van der Waals surface area contributed by atoms with Crippen LogP contribution >= 0.6 is 11.6 Å². The van der Waals surface area contributed by atoms with E-state index < -0.39 is 0 Å². The molecule has 0 aliphatic heterocycles. The minimum atomic E-state index is -0.361. The first-order chi connectivity index (χ1) is 13.1. The molecule has 0 spiro atoms. The maximum absolute atomic E-state index is 12.6. The van der Waals surface area contributed by atoms with E-state index in [0.29, 0.717) is 29.0 Å². The van der Waals surface area contributed by atoms with Crippen LogP contribution in [-0.2, 0) is 6.54 Å². The predicted molar refractivity (Wildman–Crippen MR) is 106 cm³/mol. The first-order valence-corrected chi connectivity index (χ1v) is 8.71. The van der Waals surface area contributed by atoms with Crippen molar-refractivity contribution in [2.45, 2.75) is 13.5 Å². The van der Waals surface area contributed by atoms with Gasteiger partial charge in [0.05, 0.1) is 12.8 Å². The molecular weight excluding hydrogens is 364 g/mol. The second-order valence-electron chi connectivity index (χ2n) is 5.86. The molecule has 0 atom stereocenters. The summed E-state index contributed by atoms with van der Waals surface area (Å²) in [4.78, 5) is 21.0. The molecule has 0 saturated heterocycles. The van der Waals surface area contributed by atoms with Gasteiger partial charge in [-0.3, -0.25) is 4.79 Å². The molecule has 0 aliphatic carbocycles. The van der Waals surface area contributed by atoms with Gasteiger partial charge < -0.3 is 15.4 Å². The number of nitrogens with zero attached hydrogens (tertiary/aromatic N) is 2. The topological polar surface area (TPSA) is 76.1 Å². The third-order valence-corrected chi connectivity index (χ3v) is 4.32. The van der Waals surface area contributed by atoms with Gasteiger partial charge in [-0.15, -0.1) is 0 Å². The SMILES string of the molecule is COc1cc(Cl)c(C)cc1NC(=O)c1ccnc(NCc2ccccc2)n1. The summed E-state index contributed by atoms with van der Waals surface area (Å²) in [5, 5.41) is 6.49. The Morgan fingerprint density at radius 3 is 2.70 bits per heavy atom. The van der Waals surface area contributed by atoms with Crippen LogP contribution in [0.3, 0.4) is 0 Å². The molecule has 1 aromatic heterocycles. The van der Waals surface area contributed by atoms with Crippen LogP contribution in [0, 0.1) is 6.92 Å². The number of aromatic nitrogens is 2. The zero-order valence-electron chi connectivity index (χ0n) is 15.0. The summed E-state index contributed by atoms with van der Waals surface area (Å²) in [6, 6.07) is 14.9. The summed E-state index contributed by atoms with van der Waals surface area (Å²) < 4.78 is 5.28. The molecule has 27 heavy (non-hydrogen) atoms. The standard InChI is InChI=1S/C20H19ClN4O2/c1-13-10-17(18(27-2)11-15(13)21)24-19(26)16-8-9-22-20(25-16)23-12-14-6-4-3-5-7-14/h3-11H,12H2,1-2H3,(H,24,26)(H,22,23,25). The Labute approximate surface area is 162 Å². The van der Waals surface area contributed by atoms with E-state index in [4.69, 9.17) is 16.3 Å². The molecule has 2 aromatic carbocycles. The fourth-order valence-electron chi connectivity index (χ4n) is 2.46. The lowest BCUT2D eigenvalue weighted by Crippen LogP contribution is -2.16. The number of methoxy groups -OCH3 is 1. The molecule has 0 unspecified atom stereocenters. The number of nitrogens with one attached hydrogen (secondary N) is 2. The second kappa shape index (κ2) is 8.51. The average molecular weight is 383 g/mol. The molecule has 0 aliphatic rings. The summed E-state index contributed by atoms with van der Waals surface area (Å²) in [5.74, 6) is 0.501. The molecule has 138 valence electrons. The van der Waals surface area contributed by atoms with Crippen LogP contribution in [0.25, 0.3) is 0 Å². The van der Waals surface area contributed by atoms with Crippen molar-refractivity contribution in [1.29, 1.82) is 0 Å². The molecule has 0 fully saturated rings. The number of hydrogen-bond donors (Lipinski definition) is 2. The lowest BCUT2D eigenvalue weighted by molar-refractivity contribution is 0.102. The highest BCUT2D eigenvalue weighted by Gasteiger charge is 2.13. The predicted octanol–water partition coefficient (Wildman–Crippen LogP) is 4.31. The van der Waals surface area contributed by atoms with E-state index in [0.717, 1.165) is 11.1 Å². The van der Waals surface area contributed by atoms with Crippen molar-refractivity contribution >= 4 is 29.1 Å². The number of carbonyl (C=O) groups is 1. The van der Waals surface area contributed by atoms with Crippen molar-refractivity contribution < 1.29 is 9.53 Å². The van der Waals surface area contributed by atoms with Gasteiger partial charge in [-0.1, -0.05) is 41.9 Å². The van der Waals surface area contributed by atoms with Crippen molar-refractivity contribution in [3.8, 4) is 5.75 Å². The molecule has 0 radical (unpaired) electrons. The lowest BCUT2D eigenvalue weighted by atomic mass is 10.2. The number of carbonyl (C=O) groups excluding carboxylic acids is 1. The molecule has 0 bridgehead atoms. The van der Waals surface area contributed by atoms with Gasteiger partial charge in [0.25, 0.3) is 5.91 Å². The van der Waals surface area contributed by atoms with E-state index in [1.807, 2.05) is 37.3 Å². The summed E-state index contributed by atoms with van der Waals surface area (Å²) in [6.07, 6.45) is 1.54. The summed E-state index contributed by atoms with van der Waals surface area (Å²) in [7, 11) is 1.52.